The molecule has 0 fully saturated rings. The maximum atomic E-state index is 11.9. The molecule has 4 nitrogen and oxygen atoms in total. The lowest BCUT2D eigenvalue weighted by Gasteiger charge is -2.01. The topological polar surface area (TPSA) is 69.1 Å². The molecule has 0 unspecified atom stereocenters. The molecule has 7 heteroatoms. The van der Waals surface area contributed by atoms with Crippen LogP contribution in [0.4, 0.5) is 13.2 Å². The normalized spacial score (nSPS) is 11.6. The van der Waals surface area contributed by atoms with Crippen molar-refractivity contribution in [1.29, 1.82) is 0 Å². The molecule has 0 aliphatic heterocycles. The van der Waals surface area contributed by atoms with Gasteiger partial charge >= 0.3 is 6.18 Å². The Balaban J connectivity index is 3.17. The number of amides is 1. The number of alkyl halides is 3. The Hall–Kier alpha value is -1.53. The van der Waals surface area contributed by atoms with E-state index in [1.807, 2.05) is 0 Å². The van der Waals surface area contributed by atoms with Gasteiger partial charge in [0.2, 0.25) is 0 Å². The van der Waals surface area contributed by atoms with Crippen LogP contribution in [0.2, 0.25) is 0 Å². The maximum Gasteiger partial charge on any atom is 0.437 e. The molecule has 0 aliphatic carbocycles. The molecule has 0 aliphatic rings. The third-order valence-corrected chi connectivity index (χ3v) is 1.10. The lowest BCUT2D eigenvalue weighted by molar-refractivity contribution is -0.143. The van der Waals surface area contributed by atoms with Gasteiger partial charge in [0.05, 0.1) is 0 Å². The number of primary amides is 1. The Morgan fingerprint density at radius 1 is 1.58 bits per heavy atom. The van der Waals surface area contributed by atoms with Gasteiger partial charge in [-0.2, -0.15) is 13.2 Å². The van der Waals surface area contributed by atoms with Crippen LogP contribution in [0.5, 0.6) is 0 Å². The summed E-state index contributed by atoms with van der Waals surface area (Å²) in [7, 11) is 0. The van der Waals surface area contributed by atoms with Crippen molar-refractivity contribution in [3.8, 4) is 0 Å². The molecule has 0 bridgehead atoms. The Kier molecular flexibility index (Phi) is 1.79. The van der Waals surface area contributed by atoms with Crippen LogP contribution in [0.15, 0.2) is 10.8 Å². The second-order valence-electron chi connectivity index (χ2n) is 1.94. The van der Waals surface area contributed by atoms with Gasteiger partial charge in [-0.25, -0.2) is 0 Å². The van der Waals surface area contributed by atoms with Crippen molar-refractivity contribution in [3.05, 3.63) is 17.5 Å². The van der Waals surface area contributed by atoms with Crippen molar-refractivity contribution >= 4 is 5.91 Å². The Labute approximate surface area is 64.1 Å². The van der Waals surface area contributed by atoms with Crippen LogP contribution in [0.3, 0.4) is 0 Å². The second kappa shape index (κ2) is 2.50. The van der Waals surface area contributed by atoms with Crippen molar-refractivity contribution in [2.45, 2.75) is 6.18 Å². The zero-order valence-electron chi connectivity index (χ0n) is 5.55. The van der Waals surface area contributed by atoms with Crippen LogP contribution >= 0.6 is 0 Å². The van der Waals surface area contributed by atoms with Gasteiger partial charge in [-0.15, -0.1) is 0 Å². The molecule has 0 saturated heterocycles. The molecule has 0 saturated carbocycles. The van der Waals surface area contributed by atoms with E-state index in [-0.39, 0.29) is 0 Å². The van der Waals surface area contributed by atoms with Crippen LogP contribution in [0, 0.1) is 0 Å². The first-order valence-electron chi connectivity index (χ1n) is 2.74. The summed E-state index contributed by atoms with van der Waals surface area (Å²) in [6.07, 6.45) is -4.15. The summed E-state index contributed by atoms with van der Waals surface area (Å²) < 4.78 is 39.7. The Bertz CT molecular complexity index is 304. The second-order valence-corrected chi connectivity index (χ2v) is 1.94. The highest BCUT2D eigenvalue weighted by Gasteiger charge is 2.38. The van der Waals surface area contributed by atoms with Gasteiger partial charge in [-0.1, -0.05) is 5.16 Å². The number of nitrogens with two attached hydrogens (primary N) is 1. The third-order valence-electron chi connectivity index (χ3n) is 1.10. The molecule has 66 valence electrons. The van der Waals surface area contributed by atoms with Crippen LogP contribution in [-0.2, 0) is 6.18 Å². The number of hydrogen-bond acceptors (Lipinski definition) is 3. The smallest absolute Gasteiger partial charge is 0.365 e. The van der Waals surface area contributed by atoms with Crippen LogP contribution < -0.4 is 5.73 Å². The Morgan fingerprint density at radius 2 is 2.17 bits per heavy atom. The van der Waals surface area contributed by atoms with Crippen molar-refractivity contribution in [3.63, 3.8) is 0 Å². The van der Waals surface area contributed by atoms with Gasteiger partial charge in [0.15, 0.2) is 5.69 Å². The van der Waals surface area contributed by atoms with Crippen LogP contribution in [0.25, 0.3) is 0 Å². The molecule has 1 heterocycles. The Morgan fingerprint density at radius 3 is 2.50 bits per heavy atom. The predicted molar refractivity (Wildman–Crippen MR) is 30.0 cm³/mol. The summed E-state index contributed by atoms with van der Waals surface area (Å²) in [5.41, 5.74) is 2.46. The summed E-state index contributed by atoms with van der Waals surface area (Å²) >= 11 is 0. The summed E-state index contributed by atoms with van der Waals surface area (Å²) in [5.74, 6) is -1.22. The van der Waals surface area contributed by atoms with E-state index in [1.165, 1.54) is 0 Å². The van der Waals surface area contributed by atoms with Gasteiger partial charge < -0.3 is 10.3 Å². The first-order valence-corrected chi connectivity index (χ1v) is 2.74. The number of carbonyl (C=O) groups excluding carboxylic acids is 1. The quantitative estimate of drug-likeness (QED) is 0.694. The van der Waals surface area contributed by atoms with E-state index in [2.05, 4.69) is 15.4 Å². The number of carbonyl (C=O) groups is 1. The summed E-state index contributed by atoms with van der Waals surface area (Å²) in [4.78, 5) is 10.4. The zero-order valence-corrected chi connectivity index (χ0v) is 5.55. The van der Waals surface area contributed by atoms with Crippen molar-refractivity contribution < 1.29 is 22.5 Å². The van der Waals surface area contributed by atoms with E-state index in [1.54, 1.807) is 0 Å². The van der Waals surface area contributed by atoms with E-state index in [4.69, 9.17) is 0 Å². The average Bonchev–Trinajstić information content (AvgIpc) is 2.30. The van der Waals surface area contributed by atoms with E-state index in [9.17, 15) is 18.0 Å². The highest BCUT2D eigenvalue weighted by molar-refractivity contribution is 5.93. The highest BCUT2D eigenvalue weighted by atomic mass is 19.4. The highest BCUT2D eigenvalue weighted by Crippen LogP contribution is 2.30. The fourth-order valence-electron chi connectivity index (χ4n) is 0.616. The van der Waals surface area contributed by atoms with Crippen molar-refractivity contribution in [2.75, 3.05) is 0 Å². The van der Waals surface area contributed by atoms with E-state index in [0.29, 0.717) is 6.26 Å². The molecule has 1 rings (SSSR count). The zero-order chi connectivity index (χ0) is 9.35. The molecule has 0 spiro atoms. The van der Waals surface area contributed by atoms with Crippen molar-refractivity contribution in [1.82, 2.24) is 5.16 Å². The summed E-state index contributed by atoms with van der Waals surface area (Å²) in [6, 6.07) is 0. The molecule has 2 N–H and O–H groups in total. The van der Waals surface area contributed by atoms with Gasteiger partial charge in [0.1, 0.15) is 11.8 Å². The van der Waals surface area contributed by atoms with Crippen LogP contribution in [-0.4, -0.2) is 11.1 Å². The molecule has 1 aromatic rings. The van der Waals surface area contributed by atoms with Crippen molar-refractivity contribution in [2.24, 2.45) is 5.73 Å². The maximum absolute atomic E-state index is 11.9. The van der Waals surface area contributed by atoms with Gasteiger partial charge in [-0.05, 0) is 0 Å². The lowest BCUT2D eigenvalue weighted by Crippen LogP contribution is -2.17. The molecular formula is C5H3F3N2O2. The molecule has 12 heavy (non-hydrogen) atoms. The minimum Gasteiger partial charge on any atom is -0.365 e. The lowest BCUT2D eigenvalue weighted by atomic mass is 10.2. The van der Waals surface area contributed by atoms with E-state index >= 15 is 0 Å². The average molecular weight is 180 g/mol. The molecular weight excluding hydrogens is 177 g/mol. The van der Waals surface area contributed by atoms with Gasteiger partial charge in [0, 0.05) is 0 Å². The molecule has 0 atom stereocenters. The number of halogens is 3. The minimum absolute atomic E-state index is 0.561. The summed E-state index contributed by atoms with van der Waals surface area (Å²) in [5, 5.41) is 2.61. The molecule has 1 aromatic heterocycles. The minimum atomic E-state index is -4.71. The SMILES string of the molecule is NC(=O)c1conc1C(F)(F)F. The standard InChI is InChI=1S/C5H3F3N2O2/c6-5(7,8)3-2(4(9)11)1-12-10-3/h1H,(H2,9,11). The fourth-order valence-corrected chi connectivity index (χ4v) is 0.616. The largest absolute Gasteiger partial charge is 0.437 e. The number of nitrogens with zero attached hydrogens (tertiary/aromatic N) is 1. The van der Waals surface area contributed by atoms with Gasteiger partial charge in [-0.3, -0.25) is 4.79 Å². The number of rotatable bonds is 1. The molecule has 0 radical (unpaired) electrons. The van der Waals surface area contributed by atoms with Crippen LogP contribution in [0.1, 0.15) is 16.1 Å². The van der Waals surface area contributed by atoms with E-state index in [0.717, 1.165) is 0 Å². The molecule has 1 amide bonds. The summed E-state index contributed by atoms with van der Waals surface area (Å²) in [6.45, 7) is 0. The fraction of sp³-hybridized carbons (Fsp3) is 0.200. The van der Waals surface area contributed by atoms with Gasteiger partial charge in [0.25, 0.3) is 5.91 Å². The monoisotopic (exact) mass is 180 g/mol. The number of hydrogen-bond donors (Lipinski definition) is 1. The first-order chi connectivity index (χ1) is 5.43. The molecule has 0 aromatic carbocycles. The number of aromatic nitrogens is 1. The third kappa shape index (κ3) is 1.39. The predicted octanol–water partition coefficient (Wildman–Crippen LogP) is 0.792. The van der Waals surface area contributed by atoms with E-state index < -0.39 is 23.3 Å². The first kappa shape index (κ1) is 8.57.